The highest BCUT2D eigenvalue weighted by Crippen LogP contribution is 2.13. The second-order valence-electron chi connectivity index (χ2n) is 2.74. The van der Waals surface area contributed by atoms with E-state index in [-0.39, 0.29) is 6.04 Å². The molecule has 1 atom stereocenters. The zero-order valence-corrected chi connectivity index (χ0v) is 9.58. The van der Waals surface area contributed by atoms with E-state index in [0.29, 0.717) is 0 Å². The van der Waals surface area contributed by atoms with Gasteiger partial charge in [-0.2, -0.15) is 5.26 Å². The van der Waals surface area contributed by atoms with Crippen molar-refractivity contribution in [3.63, 3.8) is 0 Å². The molecule has 13 heavy (non-hydrogen) atoms. The summed E-state index contributed by atoms with van der Waals surface area (Å²) in [7, 11) is 0. The zero-order chi connectivity index (χ0) is 9.68. The lowest BCUT2D eigenvalue weighted by Crippen LogP contribution is -2.15. The summed E-state index contributed by atoms with van der Waals surface area (Å²) >= 11 is 2.25. The van der Waals surface area contributed by atoms with E-state index in [4.69, 9.17) is 5.26 Å². The number of hydrogen-bond acceptors (Lipinski definition) is 2. The maximum atomic E-state index is 8.74. The molecular weight excluding hydrogens is 275 g/mol. The first-order chi connectivity index (χ1) is 6.26. The molecule has 0 aromatic heterocycles. The van der Waals surface area contributed by atoms with Gasteiger partial charge in [0.25, 0.3) is 0 Å². The summed E-state index contributed by atoms with van der Waals surface area (Å²) in [6.45, 7) is 1.99. The Labute approximate surface area is 92.1 Å². The Bertz CT molecular complexity index is 317. The van der Waals surface area contributed by atoms with E-state index in [0.717, 1.165) is 12.1 Å². The number of rotatable bonds is 3. The van der Waals surface area contributed by atoms with Crippen LogP contribution in [0, 0.1) is 14.9 Å². The minimum Gasteiger partial charge on any atom is -0.370 e. The van der Waals surface area contributed by atoms with Crippen LogP contribution in [0.5, 0.6) is 0 Å². The van der Waals surface area contributed by atoms with Gasteiger partial charge in [-0.1, -0.05) is 13.0 Å². The molecule has 0 aliphatic rings. The lowest BCUT2D eigenvalue weighted by molar-refractivity contribution is 0.845. The molecule has 1 N–H and O–H groups in total. The maximum absolute atomic E-state index is 8.74. The Morgan fingerprint density at radius 1 is 1.62 bits per heavy atom. The molecule has 0 bridgehead atoms. The van der Waals surface area contributed by atoms with Gasteiger partial charge in [-0.15, -0.1) is 0 Å². The molecule has 1 rings (SSSR count). The average molecular weight is 286 g/mol. The molecule has 0 aliphatic heterocycles. The van der Waals surface area contributed by atoms with E-state index in [1.54, 1.807) is 0 Å². The molecule has 3 heteroatoms. The molecule has 2 nitrogen and oxygen atoms in total. The zero-order valence-electron chi connectivity index (χ0n) is 7.42. The van der Waals surface area contributed by atoms with E-state index in [2.05, 4.69) is 34.0 Å². The van der Waals surface area contributed by atoms with E-state index in [1.807, 2.05) is 31.2 Å². The van der Waals surface area contributed by atoms with E-state index in [9.17, 15) is 0 Å². The van der Waals surface area contributed by atoms with Crippen LogP contribution in [0.1, 0.15) is 13.3 Å². The molecular formula is C10H11IN2. The predicted octanol–water partition coefficient (Wildman–Crippen LogP) is 3.01. The highest BCUT2D eigenvalue weighted by molar-refractivity contribution is 14.1. The number of nitrogens with zero attached hydrogens (tertiary/aromatic N) is 1. The molecule has 1 aromatic rings. The first-order valence-electron chi connectivity index (χ1n) is 4.18. The fourth-order valence-electron chi connectivity index (χ4n) is 1.01. The lowest BCUT2D eigenvalue weighted by Gasteiger charge is -2.10. The van der Waals surface area contributed by atoms with Gasteiger partial charge in [0.15, 0.2) is 0 Å². The first kappa shape index (κ1) is 10.3. The molecule has 0 spiro atoms. The van der Waals surface area contributed by atoms with Crippen LogP contribution in [0.4, 0.5) is 5.69 Å². The molecule has 0 amide bonds. The van der Waals surface area contributed by atoms with Crippen LogP contribution < -0.4 is 5.32 Å². The van der Waals surface area contributed by atoms with Gasteiger partial charge in [0.05, 0.1) is 6.07 Å². The molecule has 0 radical (unpaired) electrons. The van der Waals surface area contributed by atoms with Crippen molar-refractivity contribution in [2.45, 2.75) is 19.4 Å². The van der Waals surface area contributed by atoms with Gasteiger partial charge in [0.2, 0.25) is 0 Å². The molecule has 1 aromatic carbocycles. The number of anilines is 1. The number of benzene rings is 1. The topological polar surface area (TPSA) is 35.8 Å². The second-order valence-corrected chi connectivity index (χ2v) is 3.99. The molecule has 0 saturated carbocycles. The smallest absolute Gasteiger partial charge is 0.114 e. The Hall–Kier alpha value is -0.760. The SMILES string of the molecule is CCC(C#N)Nc1cccc(I)c1. The van der Waals surface area contributed by atoms with E-state index in [1.165, 1.54) is 3.57 Å². The van der Waals surface area contributed by atoms with Crippen LogP contribution in [0.15, 0.2) is 24.3 Å². The van der Waals surface area contributed by atoms with Gasteiger partial charge in [0.1, 0.15) is 6.04 Å². The number of nitriles is 1. The molecule has 68 valence electrons. The highest BCUT2D eigenvalue weighted by atomic mass is 127. The third kappa shape index (κ3) is 3.23. The Morgan fingerprint density at radius 2 is 2.38 bits per heavy atom. The summed E-state index contributed by atoms with van der Waals surface area (Å²) in [5, 5.41) is 11.9. The van der Waals surface area contributed by atoms with Crippen LogP contribution in [-0.2, 0) is 0 Å². The van der Waals surface area contributed by atoms with Crippen LogP contribution in [0.2, 0.25) is 0 Å². The van der Waals surface area contributed by atoms with Crippen LogP contribution in [0.3, 0.4) is 0 Å². The van der Waals surface area contributed by atoms with Gasteiger partial charge in [0, 0.05) is 9.26 Å². The third-order valence-electron chi connectivity index (χ3n) is 1.73. The normalized spacial score (nSPS) is 11.8. The number of halogens is 1. The van der Waals surface area contributed by atoms with E-state index < -0.39 is 0 Å². The molecule has 1 unspecified atom stereocenters. The second kappa shape index (κ2) is 5.07. The monoisotopic (exact) mass is 286 g/mol. The minimum absolute atomic E-state index is 0.0850. The summed E-state index contributed by atoms with van der Waals surface area (Å²) < 4.78 is 1.18. The quantitative estimate of drug-likeness (QED) is 0.867. The Morgan fingerprint density at radius 3 is 2.92 bits per heavy atom. The van der Waals surface area contributed by atoms with Crippen molar-refractivity contribution >= 4 is 28.3 Å². The minimum atomic E-state index is -0.0850. The lowest BCUT2D eigenvalue weighted by atomic mass is 10.2. The highest BCUT2D eigenvalue weighted by Gasteiger charge is 2.02. The van der Waals surface area contributed by atoms with Gasteiger partial charge >= 0.3 is 0 Å². The molecule has 0 aliphatic carbocycles. The van der Waals surface area contributed by atoms with Crippen LogP contribution >= 0.6 is 22.6 Å². The number of nitrogens with one attached hydrogen (secondary N) is 1. The Balaban J connectivity index is 2.69. The Kier molecular flexibility index (Phi) is 4.03. The fraction of sp³-hybridized carbons (Fsp3) is 0.300. The standard InChI is InChI=1S/C10H11IN2/c1-2-9(7-12)13-10-5-3-4-8(11)6-10/h3-6,9,13H,2H2,1H3. The van der Waals surface area contributed by atoms with Crippen molar-refractivity contribution < 1.29 is 0 Å². The summed E-state index contributed by atoms with van der Waals surface area (Å²) in [6.07, 6.45) is 0.821. The van der Waals surface area contributed by atoms with Crippen molar-refractivity contribution in [1.82, 2.24) is 0 Å². The van der Waals surface area contributed by atoms with Crippen molar-refractivity contribution in [2.75, 3.05) is 5.32 Å². The van der Waals surface area contributed by atoms with Crippen LogP contribution in [-0.4, -0.2) is 6.04 Å². The fourth-order valence-corrected chi connectivity index (χ4v) is 1.55. The van der Waals surface area contributed by atoms with Crippen molar-refractivity contribution in [3.05, 3.63) is 27.8 Å². The maximum Gasteiger partial charge on any atom is 0.114 e. The van der Waals surface area contributed by atoms with Crippen molar-refractivity contribution in [1.29, 1.82) is 5.26 Å². The van der Waals surface area contributed by atoms with Gasteiger partial charge < -0.3 is 5.32 Å². The summed E-state index contributed by atoms with van der Waals surface area (Å²) in [6, 6.07) is 10.1. The predicted molar refractivity (Wildman–Crippen MR) is 62.5 cm³/mol. The number of hydrogen-bond donors (Lipinski definition) is 1. The van der Waals surface area contributed by atoms with Crippen molar-refractivity contribution in [3.8, 4) is 6.07 Å². The van der Waals surface area contributed by atoms with E-state index >= 15 is 0 Å². The van der Waals surface area contributed by atoms with Gasteiger partial charge in [-0.25, -0.2) is 0 Å². The van der Waals surface area contributed by atoms with Gasteiger partial charge in [-0.3, -0.25) is 0 Å². The largest absolute Gasteiger partial charge is 0.370 e. The summed E-state index contributed by atoms with van der Waals surface area (Å²) in [5.41, 5.74) is 1.01. The molecule has 0 fully saturated rings. The third-order valence-corrected chi connectivity index (χ3v) is 2.40. The summed E-state index contributed by atoms with van der Waals surface area (Å²) in [4.78, 5) is 0. The summed E-state index contributed by atoms with van der Waals surface area (Å²) in [5.74, 6) is 0. The first-order valence-corrected chi connectivity index (χ1v) is 5.26. The van der Waals surface area contributed by atoms with Crippen LogP contribution in [0.25, 0.3) is 0 Å². The molecule has 0 saturated heterocycles. The average Bonchev–Trinajstić information content (AvgIpc) is 2.14. The molecule has 0 heterocycles. The van der Waals surface area contributed by atoms with Gasteiger partial charge in [-0.05, 0) is 47.2 Å². The van der Waals surface area contributed by atoms with Crippen molar-refractivity contribution in [2.24, 2.45) is 0 Å².